The van der Waals surface area contributed by atoms with Crippen LogP contribution in [0.25, 0.3) is 10.8 Å². The molecule has 0 aliphatic rings. The van der Waals surface area contributed by atoms with Crippen molar-refractivity contribution >= 4 is 44.6 Å². The third kappa shape index (κ3) is 5.87. The summed E-state index contributed by atoms with van der Waals surface area (Å²) in [5.74, 6) is -0.704. The van der Waals surface area contributed by atoms with Gasteiger partial charge in [0, 0.05) is 22.5 Å². The lowest BCUT2D eigenvalue weighted by Gasteiger charge is -2.09. The summed E-state index contributed by atoms with van der Waals surface area (Å²) >= 11 is 1.28. The van der Waals surface area contributed by atoms with Crippen LogP contribution < -0.4 is 11.1 Å². The number of anilines is 2. The van der Waals surface area contributed by atoms with Gasteiger partial charge in [-0.1, -0.05) is 54.6 Å². The first-order chi connectivity index (χ1) is 16.4. The molecule has 4 rings (SSSR count). The molecule has 0 fully saturated rings. The molecule has 0 atom stereocenters. The van der Waals surface area contributed by atoms with Crippen molar-refractivity contribution in [3.05, 3.63) is 88.4 Å². The number of carbonyl (C=O) groups excluding carboxylic acids is 2. The number of primary amides is 1. The van der Waals surface area contributed by atoms with Crippen LogP contribution in [0.1, 0.15) is 37.7 Å². The van der Waals surface area contributed by atoms with Gasteiger partial charge in [0.2, 0.25) is 0 Å². The molecule has 0 bridgehead atoms. The Hall–Kier alpha value is -3.55. The first-order valence-electron chi connectivity index (χ1n) is 11.2. The van der Waals surface area contributed by atoms with Crippen LogP contribution in [0.2, 0.25) is 0 Å². The standard InChI is InChI=1S/C27H28N4O2S/c1-31(2)15-5-6-18-9-11-20(12-10-18)23(32)17-24-25(26(28)33)30-27(34-24)29-22-14-13-19-7-3-4-8-21(19)16-22/h3-4,7-14,16H,5-6,15,17H2,1-2H3,(H2,28,33)(H,29,30). The molecular weight excluding hydrogens is 444 g/mol. The first kappa shape index (κ1) is 23.6. The van der Waals surface area contributed by atoms with E-state index in [1.54, 1.807) is 0 Å². The predicted molar refractivity (Wildman–Crippen MR) is 139 cm³/mol. The maximum atomic E-state index is 12.9. The Bertz CT molecular complexity index is 1310. The molecule has 3 N–H and O–H groups in total. The van der Waals surface area contributed by atoms with Crippen molar-refractivity contribution in [3.8, 4) is 0 Å². The Morgan fingerprint density at radius 2 is 1.74 bits per heavy atom. The normalized spacial score (nSPS) is 11.1. The summed E-state index contributed by atoms with van der Waals surface area (Å²) in [5, 5.41) is 6.01. The van der Waals surface area contributed by atoms with Crippen LogP contribution in [0, 0.1) is 0 Å². The molecule has 174 valence electrons. The number of ketones is 1. The van der Waals surface area contributed by atoms with E-state index >= 15 is 0 Å². The zero-order chi connectivity index (χ0) is 24.1. The molecule has 4 aromatic rings. The largest absolute Gasteiger partial charge is 0.364 e. The van der Waals surface area contributed by atoms with E-state index in [4.69, 9.17) is 5.73 Å². The molecule has 0 radical (unpaired) electrons. The van der Waals surface area contributed by atoms with Crippen molar-refractivity contribution in [2.24, 2.45) is 5.73 Å². The highest BCUT2D eigenvalue weighted by Crippen LogP contribution is 2.29. The minimum atomic E-state index is -0.637. The molecule has 7 heteroatoms. The molecule has 0 aliphatic heterocycles. The second-order valence-electron chi connectivity index (χ2n) is 8.55. The second kappa shape index (κ2) is 10.6. The van der Waals surface area contributed by atoms with Crippen LogP contribution in [0.3, 0.4) is 0 Å². The monoisotopic (exact) mass is 472 g/mol. The van der Waals surface area contributed by atoms with Crippen LogP contribution in [-0.4, -0.2) is 42.2 Å². The highest BCUT2D eigenvalue weighted by molar-refractivity contribution is 7.16. The molecule has 3 aromatic carbocycles. The van der Waals surface area contributed by atoms with Crippen molar-refractivity contribution in [1.82, 2.24) is 9.88 Å². The number of nitrogens with one attached hydrogen (secondary N) is 1. The van der Waals surface area contributed by atoms with Crippen LogP contribution in [-0.2, 0) is 12.8 Å². The number of fused-ring (bicyclic) bond motifs is 1. The molecule has 6 nitrogen and oxygen atoms in total. The van der Waals surface area contributed by atoms with E-state index in [0.717, 1.165) is 35.8 Å². The van der Waals surface area contributed by atoms with Crippen LogP contribution in [0.15, 0.2) is 66.7 Å². The Kier molecular flexibility index (Phi) is 7.35. The number of thiazole rings is 1. The van der Waals surface area contributed by atoms with Crippen molar-refractivity contribution in [3.63, 3.8) is 0 Å². The fourth-order valence-corrected chi connectivity index (χ4v) is 4.80. The number of rotatable bonds is 10. The van der Waals surface area contributed by atoms with Gasteiger partial charge in [0.25, 0.3) is 5.91 Å². The molecule has 0 unspecified atom stereocenters. The fourth-order valence-electron chi connectivity index (χ4n) is 3.81. The number of aromatic nitrogens is 1. The van der Waals surface area contributed by atoms with Gasteiger partial charge in [0.15, 0.2) is 10.9 Å². The minimum absolute atomic E-state index is 0.0664. The van der Waals surface area contributed by atoms with Crippen LogP contribution >= 0.6 is 11.3 Å². The molecular formula is C27H28N4O2S. The van der Waals surface area contributed by atoms with Crippen molar-refractivity contribution in [1.29, 1.82) is 0 Å². The third-order valence-corrected chi connectivity index (χ3v) is 6.57. The van der Waals surface area contributed by atoms with E-state index in [0.29, 0.717) is 15.6 Å². The van der Waals surface area contributed by atoms with Crippen LogP contribution in [0.4, 0.5) is 10.8 Å². The van der Waals surface area contributed by atoms with Gasteiger partial charge >= 0.3 is 0 Å². The molecule has 0 spiro atoms. The first-order valence-corrected chi connectivity index (χ1v) is 12.0. The molecule has 0 aliphatic carbocycles. The number of Topliss-reactive ketones (excluding diaryl/α,β-unsaturated/α-hetero) is 1. The lowest BCUT2D eigenvalue weighted by molar-refractivity contribution is 0.0991. The van der Waals surface area contributed by atoms with Gasteiger partial charge in [-0.05, 0) is 62.0 Å². The summed E-state index contributed by atoms with van der Waals surface area (Å²) in [6.07, 6.45) is 2.11. The number of benzene rings is 3. The van der Waals surface area contributed by atoms with Gasteiger partial charge in [-0.2, -0.15) is 0 Å². The summed E-state index contributed by atoms with van der Waals surface area (Å²) in [6.45, 7) is 1.03. The van der Waals surface area contributed by atoms with Crippen molar-refractivity contribution in [2.45, 2.75) is 19.3 Å². The van der Waals surface area contributed by atoms with E-state index in [1.165, 1.54) is 16.9 Å². The lowest BCUT2D eigenvalue weighted by atomic mass is 10.0. The van der Waals surface area contributed by atoms with Crippen molar-refractivity contribution < 1.29 is 9.59 Å². The number of hydrogen-bond donors (Lipinski definition) is 2. The Morgan fingerprint density at radius 1 is 1.00 bits per heavy atom. The molecule has 1 heterocycles. The lowest BCUT2D eigenvalue weighted by Crippen LogP contribution is -2.15. The Morgan fingerprint density at radius 3 is 2.44 bits per heavy atom. The van der Waals surface area contributed by atoms with E-state index in [2.05, 4.69) is 29.3 Å². The average molecular weight is 473 g/mol. The van der Waals surface area contributed by atoms with Gasteiger partial charge < -0.3 is 16.0 Å². The number of amides is 1. The topological polar surface area (TPSA) is 88.3 Å². The summed E-state index contributed by atoms with van der Waals surface area (Å²) in [5.41, 5.74) is 8.37. The molecule has 1 amide bonds. The Balaban J connectivity index is 1.47. The van der Waals surface area contributed by atoms with Gasteiger partial charge in [-0.25, -0.2) is 4.98 Å². The second-order valence-corrected chi connectivity index (χ2v) is 9.63. The van der Waals surface area contributed by atoms with Crippen LogP contribution in [0.5, 0.6) is 0 Å². The Labute approximate surface area is 203 Å². The molecule has 34 heavy (non-hydrogen) atoms. The minimum Gasteiger partial charge on any atom is -0.364 e. The SMILES string of the molecule is CN(C)CCCc1ccc(C(=O)Cc2sc(Nc3ccc4ccccc4c3)nc2C(N)=O)cc1. The predicted octanol–water partition coefficient (Wildman–Crippen LogP) is 5.06. The number of nitrogens with two attached hydrogens (primary N) is 1. The van der Waals surface area contributed by atoms with E-state index in [9.17, 15) is 9.59 Å². The summed E-state index contributed by atoms with van der Waals surface area (Å²) in [7, 11) is 4.12. The maximum Gasteiger partial charge on any atom is 0.268 e. The molecule has 0 saturated heterocycles. The zero-order valence-corrected chi connectivity index (χ0v) is 20.2. The fraction of sp³-hybridized carbons (Fsp3) is 0.222. The quantitative estimate of drug-likeness (QED) is 0.315. The van der Waals surface area contributed by atoms with Crippen molar-refractivity contribution in [2.75, 3.05) is 26.0 Å². The summed E-state index contributed by atoms with van der Waals surface area (Å²) < 4.78 is 0. The molecule has 0 saturated carbocycles. The van der Waals surface area contributed by atoms with E-state index < -0.39 is 5.91 Å². The number of aryl methyl sites for hydroxylation is 1. The van der Waals surface area contributed by atoms with E-state index in [-0.39, 0.29) is 17.9 Å². The smallest absolute Gasteiger partial charge is 0.268 e. The molecule has 1 aromatic heterocycles. The highest BCUT2D eigenvalue weighted by atomic mass is 32.1. The van der Waals surface area contributed by atoms with Gasteiger partial charge in [0.1, 0.15) is 5.69 Å². The van der Waals surface area contributed by atoms with Gasteiger partial charge in [0.05, 0.1) is 0 Å². The third-order valence-electron chi connectivity index (χ3n) is 5.60. The maximum absolute atomic E-state index is 12.9. The van der Waals surface area contributed by atoms with Gasteiger partial charge in [-0.15, -0.1) is 11.3 Å². The van der Waals surface area contributed by atoms with E-state index in [1.807, 2.05) is 66.7 Å². The summed E-state index contributed by atoms with van der Waals surface area (Å²) in [6, 6.07) is 21.8. The zero-order valence-electron chi connectivity index (χ0n) is 19.4. The number of nitrogens with zero attached hydrogens (tertiary/aromatic N) is 2. The van der Waals surface area contributed by atoms with Gasteiger partial charge in [-0.3, -0.25) is 9.59 Å². The summed E-state index contributed by atoms with van der Waals surface area (Å²) in [4.78, 5) is 32.0. The number of hydrogen-bond acceptors (Lipinski definition) is 6. The highest BCUT2D eigenvalue weighted by Gasteiger charge is 2.19. The average Bonchev–Trinajstić information content (AvgIpc) is 3.21. The number of carbonyl (C=O) groups is 2.